The second kappa shape index (κ2) is 3.14. The van der Waals surface area contributed by atoms with Crippen molar-refractivity contribution < 1.29 is 4.74 Å². The van der Waals surface area contributed by atoms with Gasteiger partial charge in [0.25, 0.3) is 0 Å². The van der Waals surface area contributed by atoms with Crippen LogP contribution in [-0.4, -0.2) is 19.8 Å². The maximum absolute atomic E-state index is 5.78. The molecule has 0 aromatic heterocycles. The van der Waals surface area contributed by atoms with E-state index in [4.69, 9.17) is 10.5 Å². The third kappa shape index (κ3) is 1.30. The van der Waals surface area contributed by atoms with Gasteiger partial charge in [-0.05, 0) is 30.5 Å². The Kier molecular flexibility index (Phi) is 1.89. The van der Waals surface area contributed by atoms with Gasteiger partial charge in [-0.1, -0.05) is 6.07 Å². The predicted molar refractivity (Wildman–Crippen MR) is 61.1 cm³/mol. The van der Waals surface area contributed by atoms with E-state index in [1.54, 1.807) is 0 Å². The highest BCUT2D eigenvalue weighted by molar-refractivity contribution is 5.66. The quantitative estimate of drug-likeness (QED) is 0.633. The first-order valence-electron chi connectivity index (χ1n) is 5.52. The third-order valence-electron chi connectivity index (χ3n) is 3.68. The van der Waals surface area contributed by atoms with Crippen LogP contribution in [0.15, 0.2) is 18.2 Å². The lowest BCUT2D eigenvalue weighted by Crippen LogP contribution is -2.35. The van der Waals surface area contributed by atoms with Gasteiger partial charge < -0.3 is 15.8 Å². The van der Waals surface area contributed by atoms with Gasteiger partial charge in [0.1, 0.15) is 0 Å². The Morgan fingerprint density at radius 1 is 1.27 bits per heavy atom. The van der Waals surface area contributed by atoms with Crippen molar-refractivity contribution in [2.45, 2.75) is 18.3 Å². The maximum Gasteiger partial charge on any atom is 0.0475 e. The lowest BCUT2D eigenvalue weighted by molar-refractivity contribution is 0.0567. The van der Waals surface area contributed by atoms with Crippen LogP contribution in [-0.2, 0) is 10.2 Å². The van der Waals surface area contributed by atoms with Gasteiger partial charge in [-0.2, -0.15) is 0 Å². The molecule has 3 nitrogen and oxygen atoms in total. The average molecular weight is 204 g/mol. The maximum atomic E-state index is 5.78. The fourth-order valence-electron chi connectivity index (χ4n) is 2.74. The molecule has 0 bridgehead atoms. The molecule has 0 aliphatic carbocycles. The molecule has 1 aromatic rings. The minimum absolute atomic E-state index is 0.307. The Balaban J connectivity index is 2.03. The first-order valence-corrected chi connectivity index (χ1v) is 5.52. The van der Waals surface area contributed by atoms with Crippen LogP contribution in [0.2, 0.25) is 0 Å². The Morgan fingerprint density at radius 3 is 2.87 bits per heavy atom. The van der Waals surface area contributed by atoms with Crippen molar-refractivity contribution in [1.82, 2.24) is 0 Å². The molecule has 2 aliphatic rings. The lowest BCUT2D eigenvalue weighted by atomic mass is 9.76. The van der Waals surface area contributed by atoms with Crippen LogP contribution >= 0.6 is 0 Å². The van der Waals surface area contributed by atoms with E-state index in [-0.39, 0.29) is 0 Å². The predicted octanol–water partition coefficient (Wildman–Crippen LogP) is 1.74. The van der Waals surface area contributed by atoms with E-state index in [2.05, 4.69) is 11.4 Å². The number of rotatable bonds is 0. The van der Waals surface area contributed by atoms with Crippen molar-refractivity contribution in [2.24, 2.45) is 0 Å². The van der Waals surface area contributed by atoms with Gasteiger partial charge in [-0.25, -0.2) is 0 Å². The number of nitrogens with one attached hydrogen (secondary N) is 1. The second-order valence-electron chi connectivity index (χ2n) is 4.55. The Labute approximate surface area is 89.6 Å². The van der Waals surface area contributed by atoms with E-state index < -0.39 is 0 Å². The number of nitrogens with two attached hydrogens (primary N) is 1. The molecule has 0 saturated carbocycles. The largest absolute Gasteiger partial charge is 0.399 e. The summed E-state index contributed by atoms with van der Waals surface area (Å²) in [6.45, 7) is 2.80. The zero-order valence-corrected chi connectivity index (χ0v) is 8.75. The van der Waals surface area contributed by atoms with Gasteiger partial charge in [0.2, 0.25) is 0 Å². The molecule has 3 heteroatoms. The van der Waals surface area contributed by atoms with Gasteiger partial charge in [0.15, 0.2) is 0 Å². The van der Waals surface area contributed by atoms with Crippen LogP contribution in [0.4, 0.5) is 11.4 Å². The number of ether oxygens (including phenoxy) is 1. The summed E-state index contributed by atoms with van der Waals surface area (Å²) >= 11 is 0. The first-order chi connectivity index (χ1) is 7.30. The van der Waals surface area contributed by atoms with Crippen molar-refractivity contribution >= 4 is 11.4 Å². The fraction of sp³-hybridized carbons (Fsp3) is 0.500. The SMILES string of the molecule is Nc1ccc2c(c1)NCC21CCOCC1. The van der Waals surface area contributed by atoms with E-state index in [1.165, 1.54) is 11.3 Å². The van der Waals surface area contributed by atoms with E-state index in [0.717, 1.165) is 38.3 Å². The molecule has 2 heterocycles. The minimum Gasteiger partial charge on any atom is -0.399 e. The molecule has 0 unspecified atom stereocenters. The normalized spacial score (nSPS) is 22.4. The van der Waals surface area contributed by atoms with E-state index >= 15 is 0 Å². The summed E-state index contributed by atoms with van der Waals surface area (Å²) in [7, 11) is 0. The second-order valence-corrected chi connectivity index (χ2v) is 4.55. The molecular weight excluding hydrogens is 188 g/mol. The zero-order chi connectivity index (χ0) is 10.3. The first kappa shape index (κ1) is 9.04. The van der Waals surface area contributed by atoms with Crippen molar-refractivity contribution in [3.05, 3.63) is 23.8 Å². The molecule has 1 aromatic carbocycles. The van der Waals surface area contributed by atoms with Crippen molar-refractivity contribution in [2.75, 3.05) is 30.8 Å². The van der Waals surface area contributed by atoms with Crippen LogP contribution in [0.25, 0.3) is 0 Å². The molecule has 1 saturated heterocycles. The van der Waals surface area contributed by atoms with Gasteiger partial charge >= 0.3 is 0 Å². The summed E-state index contributed by atoms with van der Waals surface area (Å²) in [5.41, 5.74) is 9.58. The molecule has 0 radical (unpaired) electrons. The highest BCUT2D eigenvalue weighted by Crippen LogP contribution is 2.43. The molecule has 3 N–H and O–H groups in total. The van der Waals surface area contributed by atoms with Crippen LogP contribution in [0.3, 0.4) is 0 Å². The highest BCUT2D eigenvalue weighted by atomic mass is 16.5. The fourth-order valence-corrected chi connectivity index (χ4v) is 2.74. The Bertz CT molecular complexity index is 383. The van der Waals surface area contributed by atoms with Crippen LogP contribution in [0.1, 0.15) is 18.4 Å². The number of hydrogen-bond donors (Lipinski definition) is 2. The molecule has 80 valence electrons. The topological polar surface area (TPSA) is 47.3 Å². The Morgan fingerprint density at radius 2 is 2.07 bits per heavy atom. The number of fused-ring (bicyclic) bond motifs is 2. The van der Waals surface area contributed by atoms with E-state index in [1.807, 2.05) is 12.1 Å². The van der Waals surface area contributed by atoms with Gasteiger partial charge in [-0.3, -0.25) is 0 Å². The molecule has 0 amide bonds. The molecule has 3 rings (SSSR count). The third-order valence-corrected chi connectivity index (χ3v) is 3.68. The zero-order valence-electron chi connectivity index (χ0n) is 8.75. The van der Waals surface area contributed by atoms with Crippen molar-refractivity contribution in [3.8, 4) is 0 Å². The molecule has 0 atom stereocenters. The van der Waals surface area contributed by atoms with Gasteiger partial charge in [0, 0.05) is 36.5 Å². The summed E-state index contributed by atoms with van der Waals surface area (Å²) in [5, 5.41) is 3.47. The number of anilines is 2. The smallest absolute Gasteiger partial charge is 0.0475 e. The molecule has 15 heavy (non-hydrogen) atoms. The Hall–Kier alpha value is -1.22. The average Bonchev–Trinajstić information content (AvgIpc) is 2.58. The van der Waals surface area contributed by atoms with Crippen molar-refractivity contribution in [3.63, 3.8) is 0 Å². The van der Waals surface area contributed by atoms with Gasteiger partial charge in [-0.15, -0.1) is 0 Å². The summed E-state index contributed by atoms with van der Waals surface area (Å²) in [5.74, 6) is 0. The molecular formula is C12H16N2O. The monoisotopic (exact) mass is 204 g/mol. The van der Waals surface area contributed by atoms with Crippen molar-refractivity contribution in [1.29, 1.82) is 0 Å². The van der Waals surface area contributed by atoms with Crippen LogP contribution in [0.5, 0.6) is 0 Å². The molecule has 1 spiro atoms. The minimum atomic E-state index is 0.307. The highest BCUT2D eigenvalue weighted by Gasteiger charge is 2.39. The van der Waals surface area contributed by atoms with Crippen LogP contribution in [0, 0.1) is 0 Å². The lowest BCUT2D eigenvalue weighted by Gasteiger charge is -2.33. The number of hydrogen-bond acceptors (Lipinski definition) is 3. The molecule has 1 fully saturated rings. The number of nitrogen functional groups attached to an aromatic ring is 1. The van der Waals surface area contributed by atoms with Gasteiger partial charge in [0.05, 0.1) is 0 Å². The summed E-state index contributed by atoms with van der Waals surface area (Å²) in [6, 6.07) is 6.22. The van der Waals surface area contributed by atoms with E-state index in [0.29, 0.717) is 5.41 Å². The van der Waals surface area contributed by atoms with E-state index in [9.17, 15) is 0 Å². The summed E-state index contributed by atoms with van der Waals surface area (Å²) in [4.78, 5) is 0. The van der Waals surface area contributed by atoms with Crippen LogP contribution < -0.4 is 11.1 Å². The summed E-state index contributed by atoms with van der Waals surface area (Å²) < 4.78 is 5.44. The summed E-state index contributed by atoms with van der Waals surface area (Å²) in [6.07, 6.45) is 2.24. The standard InChI is InChI=1S/C12H16N2O/c13-9-1-2-10-11(7-9)14-8-12(10)3-5-15-6-4-12/h1-2,7,14H,3-6,8,13H2. The molecule has 2 aliphatic heterocycles. The number of benzene rings is 1.